The second kappa shape index (κ2) is 5.21. The third-order valence-corrected chi connectivity index (χ3v) is 2.93. The van der Waals surface area contributed by atoms with E-state index in [-0.39, 0.29) is 11.1 Å². The van der Waals surface area contributed by atoms with E-state index in [0.717, 1.165) is 12.3 Å². The molecule has 18 heavy (non-hydrogen) atoms. The number of nitrogens with zero attached hydrogens (tertiary/aromatic N) is 1. The van der Waals surface area contributed by atoms with Crippen molar-refractivity contribution in [1.82, 2.24) is 4.98 Å². The second-order valence-electron chi connectivity index (χ2n) is 3.52. The van der Waals surface area contributed by atoms with Gasteiger partial charge in [0.25, 0.3) is 6.43 Å². The molecule has 0 bridgehead atoms. The number of hydrogen-bond donors (Lipinski definition) is 0. The summed E-state index contributed by atoms with van der Waals surface area (Å²) in [4.78, 5) is 3.47. The zero-order valence-corrected chi connectivity index (χ0v) is 11.0. The summed E-state index contributed by atoms with van der Waals surface area (Å²) in [6, 6.07) is 4.61. The third kappa shape index (κ3) is 2.63. The van der Waals surface area contributed by atoms with Gasteiger partial charge in [0.15, 0.2) is 0 Å². The molecule has 0 unspecified atom stereocenters. The molecule has 1 aromatic carbocycles. The minimum atomic E-state index is -2.70. The van der Waals surface area contributed by atoms with E-state index < -0.39 is 23.8 Å². The topological polar surface area (TPSA) is 12.9 Å². The van der Waals surface area contributed by atoms with Crippen LogP contribution < -0.4 is 0 Å². The van der Waals surface area contributed by atoms with Crippen molar-refractivity contribution in [3.63, 3.8) is 0 Å². The lowest BCUT2D eigenvalue weighted by atomic mass is 10.1. The Bertz CT molecular complexity index is 546. The highest BCUT2D eigenvalue weighted by molar-refractivity contribution is 14.1. The highest BCUT2D eigenvalue weighted by Crippen LogP contribution is 2.28. The number of hydrogen-bond acceptors (Lipinski definition) is 1. The molecule has 2 aromatic rings. The van der Waals surface area contributed by atoms with Crippen LogP contribution in [0.3, 0.4) is 0 Å². The summed E-state index contributed by atoms with van der Waals surface area (Å²) in [6.45, 7) is 0. The number of pyridine rings is 1. The molecule has 2 rings (SSSR count). The van der Waals surface area contributed by atoms with Gasteiger partial charge < -0.3 is 0 Å². The van der Waals surface area contributed by atoms with Gasteiger partial charge in [0.05, 0.1) is 5.56 Å². The fraction of sp³-hybridized carbons (Fsp3) is 0.0833. The van der Waals surface area contributed by atoms with Crippen LogP contribution in [0.15, 0.2) is 30.5 Å². The summed E-state index contributed by atoms with van der Waals surface area (Å²) in [5.41, 5.74) is -0.556. The van der Waals surface area contributed by atoms with Crippen LogP contribution in [-0.2, 0) is 0 Å². The van der Waals surface area contributed by atoms with Gasteiger partial charge in [-0.05, 0) is 40.8 Å². The molecule has 0 saturated heterocycles. The van der Waals surface area contributed by atoms with E-state index in [0.29, 0.717) is 3.57 Å². The van der Waals surface area contributed by atoms with Gasteiger partial charge in [0.1, 0.15) is 17.3 Å². The standard InChI is InChI=1S/C12H6F4IN/c13-8-3-7(17)4-9(14)11(8)6-1-2-10(12(15)16)18-5-6/h1-5,12H. The summed E-state index contributed by atoms with van der Waals surface area (Å²) < 4.78 is 52.3. The van der Waals surface area contributed by atoms with Gasteiger partial charge in [0.2, 0.25) is 0 Å². The highest BCUT2D eigenvalue weighted by atomic mass is 127. The summed E-state index contributed by atoms with van der Waals surface area (Å²) in [6.07, 6.45) is -1.67. The van der Waals surface area contributed by atoms with Crippen molar-refractivity contribution in [3.8, 4) is 11.1 Å². The lowest BCUT2D eigenvalue weighted by Crippen LogP contribution is -1.94. The molecule has 0 aliphatic heterocycles. The molecule has 1 aromatic heterocycles. The van der Waals surface area contributed by atoms with E-state index in [1.807, 2.05) is 0 Å². The first-order valence-electron chi connectivity index (χ1n) is 4.88. The lowest BCUT2D eigenvalue weighted by Gasteiger charge is -2.06. The predicted molar refractivity (Wildman–Crippen MR) is 67.3 cm³/mol. The molecule has 0 saturated carbocycles. The molecule has 0 amide bonds. The molecule has 1 heterocycles. The minimum absolute atomic E-state index is 0.130. The molecule has 1 nitrogen and oxygen atoms in total. The molecular formula is C12H6F4IN. The Labute approximate surface area is 114 Å². The summed E-state index contributed by atoms with van der Waals surface area (Å²) in [5.74, 6) is -1.49. The molecule has 0 fully saturated rings. The number of aromatic nitrogens is 1. The number of benzene rings is 1. The average Bonchev–Trinajstić information content (AvgIpc) is 2.28. The normalized spacial score (nSPS) is 11.0. The van der Waals surface area contributed by atoms with Crippen LogP contribution in [0, 0.1) is 15.2 Å². The van der Waals surface area contributed by atoms with Gasteiger partial charge in [-0.3, -0.25) is 4.98 Å². The molecule has 6 heteroatoms. The van der Waals surface area contributed by atoms with Gasteiger partial charge in [-0.2, -0.15) is 0 Å². The Morgan fingerprint density at radius 2 is 1.67 bits per heavy atom. The van der Waals surface area contributed by atoms with Gasteiger partial charge in [0, 0.05) is 15.3 Å². The zero-order chi connectivity index (χ0) is 13.3. The molecule has 0 aliphatic rings. The van der Waals surface area contributed by atoms with E-state index in [4.69, 9.17) is 0 Å². The van der Waals surface area contributed by atoms with Crippen molar-refractivity contribution in [2.45, 2.75) is 6.43 Å². The fourth-order valence-electron chi connectivity index (χ4n) is 1.50. The first-order valence-corrected chi connectivity index (χ1v) is 5.96. The fourth-order valence-corrected chi connectivity index (χ4v) is 2.05. The van der Waals surface area contributed by atoms with Crippen LogP contribution in [0.25, 0.3) is 11.1 Å². The monoisotopic (exact) mass is 367 g/mol. The number of rotatable bonds is 2. The Hall–Kier alpha value is -1.18. The van der Waals surface area contributed by atoms with E-state index in [1.165, 1.54) is 18.2 Å². The largest absolute Gasteiger partial charge is 0.280 e. The number of halogens is 5. The number of alkyl halides is 2. The summed E-state index contributed by atoms with van der Waals surface area (Å²) in [5, 5.41) is 0. The minimum Gasteiger partial charge on any atom is -0.255 e. The maximum atomic E-state index is 13.6. The van der Waals surface area contributed by atoms with E-state index in [1.54, 1.807) is 22.6 Å². The molecule has 94 valence electrons. The molecule has 0 aliphatic carbocycles. The van der Waals surface area contributed by atoms with Crippen molar-refractivity contribution >= 4 is 22.6 Å². The van der Waals surface area contributed by atoms with E-state index in [9.17, 15) is 17.6 Å². The van der Waals surface area contributed by atoms with Crippen LogP contribution in [-0.4, -0.2) is 4.98 Å². The first kappa shape index (κ1) is 13.3. The van der Waals surface area contributed by atoms with Crippen LogP contribution in [0.2, 0.25) is 0 Å². The van der Waals surface area contributed by atoms with Crippen molar-refractivity contribution < 1.29 is 17.6 Å². The van der Waals surface area contributed by atoms with Crippen LogP contribution >= 0.6 is 22.6 Å². The summed E-state index contributed by atoms with van der Waals surface area (Å²) in [7, 11) is 0. The quantitative estimate of drug-likeness (QED) is 0.560. The van der Waals surface area contributed by atoms with E-state index >= 15 is 0 Å². The maximum Gasteiger partial charge on any atom is 0.280 e. The van der Waals surface area contributed by atoms with Gasteiger partial charge in [-0.15, -0.1) is 0 Å². The van der Waals surface area contributed by atoms with Crippen molar-refractivity contribution in [2.24, 2.45) is 0 Å². The van der Waals surface area contributed by atoms with Crippen molar-refractivity contribution in [2.75, 3.05) is 0 Å². The first-order chi connectivity index (χ1) is 8.49. The summed E-state index contributed by atoms with van der Waals surface area (Å²) >= 11 is 1.79. The van der Waals surface area contributed by atoms with Crippen LogP contribution in [0.5, 0.6) is 0 Å². The smallest absolute Gasteiger partial charge is 0.255 e. The zero-order valence-electron chi connectivity index (χ0n) is 8.80. The van der Waals surface area contributed by atoms with Gasteiger partial charge in [-0.1, -0.05) is 6.07 Å². The Balaban J connectivity index is 2.49. The Morgan fingerprint density at radius 3 is 2.11 bits per heavy atom. The molecule has 0 atom stereocenters. The maximum absolute atomic E-state index is 13.6. The molecule has 0 spiro atoms. The van der Waals surface area contributed by atoms with Gasteiger partial charge in [-0.25, -0.2) is 17.6 Å². The predicted octanol–water partition coefficient (Wildman–Crippen LogP) is 4.57. The van der Waals surface area contributed by atoms with Crippen LogP contribution in [0.4, 0.5) is 17.6 Å². The highest BCUT2D eigenvalue weighted by Gasteiger charge is 2.14. The molecule has 0 N–H and O–H groups in total. The third-order valence-electron chi connectivity index (χ3n) is 2.31. The van der Waals surface area contributed by atoms with Crippen molar-refractivity contribution in [1.29, 1.82) is 0 Å². The average molecular weight is 367 g/mol. The van der Waals surface area contributed by atoms with Gasteiger partial charge >= 0.3 is 0 Å². The van der Waals surface area contributed by atoms with Crippen LogP contribution in [0.1, 0.15) is 12.1 Å². The SMILES string of the molecule is Fc1cc(I)cc(F)c1-c1ccc(C(F)F)nc1. The van der Waals surface area contributed by atoms with E-state index in [2.05, 4.69) is 4.98 Å². The Kier molecular flexibility index (Phi) is 3.84. The Morgan fingerprint density at radius 1 is 1.06 bits per heavy atom. The molecular weight excluding hydrogens is 361 g/mol. The second-order valence-corrected chi connectivity index (χ2v) is 4.76. The molecule has 0 radical (unpaired) electrons. The van der Waals surface area contributed by atoms with Crippen molar-refractivity contribution in [3.05, 3.63) is 51.4 Å². The lowest BCUT2D eigenvalue weighted by molar-refractivity contribution is 0.146.